The number of likely N-dealkylation sites (N-methyl/N-ethyl adjacent to an activating group) is 1. The molecule has 2 unspecified atom stereocenters. The second-order valence-corrected chi connectivity index (χ2v) is 6.10. The molecule has 2 atom stereocenters. The molecule has 6 nitrogen and oxygen atoms in total. The van der Waals surface area contributed by atoms with Crippen molar-refractivity contribution >= 4 is 11.8 Å². The van der Waals surface area contributed by atoms with Crippen molar-refractivity contribution in [2.75, 3.05) is 46.3 Å². The van der Waals surface area contributed by atoms with Crippen molar-refractivity contribution in [2.45, 2.75) is 26.7 Å². The van der Waals surface area contributed by atoms with Crippen molar-refractivity contribution in [3.63, 3.8) is 0 Å². The van der Waals surface area contributed by atoms with Crippen LogP contribution in [0.15, 0.2) is 0 Å². The Morgan fingerprint density at radius 1 is 1.43 bits per heavy atom. The lowest BCUT2D eigenvalue weighted by molar-refractivity contribution is -0.136. The fourth-order valence-electron chi connectivity index (χ4n) is 2.61. The first-order valence-electron chi connectivity index (χ1n) is 7.91. The third-order valence-electron chi connectivity index (χ3n) is 4.24. The molecule has 1 fully saturated rings. The lowest BCUT2D eigenvalue weighted by Gasteiger charge is -2.36. The van der Waals surface area contributed by atoms with Gasteiger partial charge in [-0.2, -0.15) is 0 Å². The van der Waals surface area contributed by atoms with Crippen LogP contribution in [0.25, 0.3) is 0 Å². The van der Waals surface area contributed by atoms with Crippen LogP contribution >= 0.6 is 0 Å². The Hall–Kier alpha value is -1.14. The molecule has 21 heavy (non-hydrogen) atoms. The van der Waals surface area contributed by atoms with Crippen LogP contribution in [0.3, 0.4) is 0 Å². The maximum Gasteiger partial charge on any atom is 0.239 e. The largest absolute Gasteiger partial charge is 0.355 e. The van der Waals surface area contributed by atoms with Crippen molar-refractivity contribution in [2.24, 2.45) is 17.6 Å². The summed E-state index contributed by atoms with van der Waals surface area (Å²) in [5.74, 6) is 0.982. The summed E-state index contributed by atoms with van der Waals surface area (Å²) < 4.78 is 0. The molecule has 0 spiro atoms. The van der Waals surface area contributed by atoms with Gasteiger partial charge in [-0.3, -0.25) is 14.5 Å². The van der Waals surface area contributed by atoms with Gasteiger partial charge in [0.15, 0.2) is 0 Å². The van der Waals surface area contributed by atoms with Crippen LogP contribution in [0.4, 0.5) is 0 Å². The van der Waals surface area contributed by atoms with Crippen LogP contribution in [-0.2, 0) is 9.59 Å². The normalized spacial score (nSPS) is 22.9. The predicted molar refractivity (Wildman–Crippen MR) is 83.7 cm³/mol. The Kier molecular flexibility index (Phi) is 7.67. The van der Waals surface area contributed by atoms with E-state index in [1.807, 2.05) is 6.92 Å². The number of nitrogens with two attached hydrogens (primary N) is 1. The predicted octanol–water partition coefficient (Wildman–Crippen LogP) is -0.112. The molecule has 1 heterocycles. The van der Waals surface area contributed by atoms with E-state index in [0.717, 1.165) is 25.9 Å². The van der Waals surface area contributed by atoms with Crippen LogP contribution in [0.2, 0.25) is 0 Å². The summed E-state index contributed by atoms with van der Waals surface area (Å²) in [6.45, 7) is 7.86. The first kappa shape index (κ1) is 17.9. The molecule has 1 aliphatic heterocycles. The van der Waals surface area contributed by atoms with Crippen LogP contribution in [-0.4, -0.2) is 67.9 Å². The van der Waals surface area contributed by atoms with E-state index in [-0.39, 0.29) is 18.4 Å². The zero-order chi connectivity index (χ0) is 15.8. The summed E-state index contributed by atoms with van der Waals surface area (Å²) in [5.41, 5.74) is 5.78. The zero-order valence-electron chi connectivity index (χ0n) is 13.6. The third-order valence-corrected chi connectivity index (χ3v) is 4.24. The summed E-state index contributed by atoms with van der Waals surface area (Å²) in [6, 6.07) is 0. The third kappa shape index (κ3) is 6.01. The molecule has 2 amide bonds. The fraction of sp³-hybridized carbons (Fsp3) is 0.867. The molecule has 0 saturated carbocycles. The molecule has 0 aliphatic carbocycles. The monoisotopic (exact) mass is 298 g/mol. The molecular formula is C15H30N4O2. The first-order valence-corrected chi connectivity index (χ1v) is 7.91. The van der Waals surface area contributed by atoms with Gasteiger partial charge in [0.2, 0.25) is 11.8 Å². The van der Waals surface area contributed by atoms with Crippen LogP contribution in [0, 0.1) is 11.8 Å². The van der Waals surface area contributed by atoms with Crippen molar-refractivity contribution in [3.05, 3.63) is 0 Å². The van der Waals surface area contributed by atoms with Gasteiger partial charge in [0.1, 0.15) is 0 Å². The van der Waals surface area contributed by atoms with Gasteiger partial charge < -0.3 is 16.0 Å². The highest BCUT2D eigenvalue weighted by molar-refractivity contribution is 5.85. The fourth-order valence-corrected chi connectivity index (χ4v) is 2.61. The van der Waals surface area contributed by atoms with Gasteiger partial charge in [0.05, 0.1) is 13.1 Å². The number of nitrogens with zero attached hydrogens (tertiary/aromatic N) is 2. The number of nitrogens with one attached hydrogen (secondary N) is 1. The molecule has 0 aromatic carbocycles. The second-order valence-electron chi connectivity index (χ2n) is 6.10. The summed E-state index contributed by atoms with van der Waals surface area (Å²) in [4.78, 5) is 27.4. The smallest absolute Gasteiger partial charge is 0.239 e. The highest BCUT2D eigenvalue weighted by atomic mass is 16.2. The molecule has 3 N–H and O–H groups in total. The van der Waals surface area contributed by atoms with Gasteiger partial charge in [0, 0.05) is 20.1 Å². The summed E-state index contributed by atoms with van der Waals surface area (Å²) in [5, 5.41) is 2.78. The van der Waals surface area contributed by atoms with E-state index in [0.29, 0.717) is 31.5 Å². The molecule has 122 valence electrons. The minimum Gasteiger partial charge on any atom is -0.355 e. The SMILES string of the molecule is CCCNC(=O)CN(C)C(=O)CN1CCC(C)C(CN)C1. The van der Waals surface area contributed by atoms with Crippen LogP contribution in [0.1, 0.15) is 26.7 Å². The molecule has 0 aromatic rings. The van der Waals surface area contributed by atoms with Gasteiger partial charge in [-0.15, -0.1) is 0 Å². The molecule has 1 aliphatic rings. The maximum atomic E-state index is 12.2. The van der Waals surface area contributed by atoms with Gasteiger partial charge >= 0.3 is 0 Å². The molecule has 1 saturated heterocycles. The van der Waals surface area contributed by atoms with E-state index in [1.54, 1.807) is 7.05 Å². The van der Waals surface area contributed by atoms with E-state index >= 15 is 0 Å². The molecule has 0 bridgehead atoms. The van der Waals surface area contributed by atoms with Gasteiger partial charge in [-0.05, 0) is 37.8 Å². The summed E-state index contributed by atoms with van der Waals surface area (Å²) in [6.07, 6.45) is 1.98. The minimum absolute atomic E-state index is 0.00743. The molecule has 0 aromatic heterocycles. The van der Waals surface area contributed by atoms with Crippen LogP contribution < -0.4 is 11.1 Å². The average molecular weight is 298 g/mol. The molecule has 1 rings (SSSR count). The quantitative estimate of drug-likeness (QED) is 0.687. The van der Waals surface area contributed by atoms with Crippen molar-refractivity contribution in [3.8, 4) is 0 Å². The van der Waals surface area contributed by atoms with Gasteiger partial charge in [-0.1, -0.05) is 13.8 Å². The number of amides is 2. The second kappa shape index (κ2) is 9.00. The van der Waals surface area contributed by atoms with Crippen molar-refractivity contribution in [1.82, 2.24) is 15.1 Å². The molecule has 0 radical (unpaired) electrons. The maximum absolute atomic E-state index is 12.2. The van der Waals surface area contributed by atoms with Gasteiger partial charge in [-0.25, -0.2) is 0 Å². The lowest BCUT2D eigenvalue weighted by atomic mass is 9.87. The number of likely N-dealkylation sites (tertiary alicyclic amines) is 1. The topological polar surface area (TPSA) is 78.7 Å². The van der Waals surface area contributed by atoms with Crippen molar-refractivity contribution in [1.29, 1.82) is 0 Å². The van der Waals surface area contributed by atoms with Crippen LogP contribution in [0.5, 0.6) is 0 Å². The Balaban J connectivity index is 2.36. The van der Waals surface area contributed by atoms with Crippen molar-refractivity contribution < 1.29 is 9.59 Å². The number of carbonyl (C=O) groups is 2. The Bertz CT molecular complexity index is 349. The first-order chi connectivity index (χ1) is 9.97. The number of carbonyl (C=O) groups excluding carboxylic acids is 2. The highest BCUT2D eigenvalue weighted by Crippen LogP contribution is 2.21. The number of hydrogen-bond acceptors (Lipinski definition) is 4. The summed E-state index contributed by atoms with van der Waals surface area (Å²) >= 11 is 0. The number of piperidine rings is 1. The lowest BCUT2D eigenvalue weighted by Crippen LogP contribution is -2.48. The highest BCUT2D eigenvalue weighted by Gasteiger charge is 2.27. The molecular weight excluding hydrogens is 268 g/mol. The molecule has 6 heteroatoms. The summed E-state index contributed by atoms with van der Waals surface area (Å²) in [7, 11) is 1.68. The Morgan fingerprint density at radius 3 is 2.76 bits per heavy atom. The van der Waals surface area contributed by atoms with Gasteiger partial charge in [0.25, 0.3) is 0 Å². The van der Waals surface area contributed by atoms with E-state index < -0.39 is 0 Å². The standard InChI is InChI=1S/C15H30N4O2/c1-4-6-17-14(20)10-18(3)15(21)11-19-7-5-12(2)13(8-16)9-19/h12-13H,4-11,16H2,1-3H3,(H,17,20). The van der Waals surface area contributed by atoms with E-state index in [1.165, 1.54) is 4.90 Å². The average Bonchev–Trinajstić information content (AvgIpc) is 2.46. The zero-order valence-corrected chi connectivity index (χ0v) is 13.6. The number of hydrogen-bond donors (Lipinski definition) is 2. The van der Waals surface area contributed by atoms with E-state index in [9.17, 15) is 9.59 Å². The Labute approximate surface area is 128 Å². The van der Waals surface area contributed by atoms with E-state index in [2.05, 4.69) is 17.1 Å². The Morgan fingerprint density at radius 2 is 2.14 bits per heavy atom. The van der Waals surface area contributed by atoms with E-state index in [4.69, 9.17) is 5.73 Å². The minimum atomic E-state index is -0.0974. The number of rotatable bonds is 7.